The first-order chi connectivity index (χ1) is 27.5. The number of allylic oxidation sites excluding steroid dienone is 2. The number of morpholine rings is 1. The van der Waals surface area contributed by atoms with Crippen molar-refractivity contribution in [1.82, 2.24) is 5.01 Å². The number of carbonyl (C=O) groups is 4. The zero-order valence-corrected chi connectivity index (χ0v) is 32.9. The molecule has 11 nitrogen and oxygen atoms in total. The predicted molar refractivity (Wildman–Crippen MR) is 216 cm³/mol. The maximum Gasteiger partial charge on any atom is 0.260 e. The van der Waals surface area contributed by atoms with Gasteiger partial charge in [-0.1, -0.05) is 64.7 Å². The Balaban J connectivity index is 1.18. The summed E-state index contributed by atoms with van der Waals surface area (Å²) in [5.74, 6) is -5.29. The van der Waals surface area contributed by atoms with Gasteiger partial charge >= 0.3 is 0 Å². The predicted octanol–water partition coefficient (Wildman–Crippen LogP) is 7.39. The molecule has 0 radical (unpaired) electrons. The number of methoxy groups -OCH3 is 1. The Morgan fingerprint density at radius 3 is 2.21 bits per heavy atom. The lowest BCUT2D eigenvalue weighted by molar-refractivity contribution is -0.138. The number of nitrogens with one attached hydrogen (secondary N) is 1. The van der Waals surface area contributed by atoms with E-state index >= 15 is 4.79 Å². The van der Waals surface area contributed by atoms with Crippen LogP contribution >= 0.6 is 34.8 Å². The van der Waals surface area contributed by atoms with Crippen LogP contribution in [0.15, 0.2) is 96.6 Å². The molecule has 0 aromatic heterocycles. The molecule has 2 aliphatic carbocycles. The number of nitrogens with zero attached hydrogens (tertiary/aromatic N) is 3. The maximum absolute atomic E-state index is 15.5. The summed E-state index contributed by atoms with van der Waals surface area (Å²) in [5, 5.41) is 12.2. The van der Waals surface area contributed by atoms with Gasteiger partial charge in [-0.25, -0.2) is 0 Å². The maximum atomic E-state index is 15.5. The number of benzene rings is 4. The third kappa shape index (κ3) is 5.89. The van der Waals surface area contributed by atoms with Gasteiger partial charge in [-0.2, -0.15) is 5.01 Å². The molecular formula is C43H37Cl3N4O7. The molecule has 3 saturated heterocycles. The molecule has 0 bridgehead atoms. The number of amides is 4. The van der Waals surface area contributed by atoms with Crippen molar-refractivity contribution in [3.05, 3.63) is 123 Å². The number of imide groups is 2. The van der Waals surface area contributed by atoms with E-state index in [1.54, 1.807) is 54.6 Å². The molecule has 1 saturated carbocycles. The molecule has 4 aromatic carbocycles. The highest BCUT2D eigenvalue weighted by Gasteiger charge is 2.70. The van der Waals surface area contributed by atoms with Crippen molar-refractivity contribution >= 4 is 75.5 Å². The molecule has 6 unspecified atom stereocenters. The van der Waals surface area contributed by atoms with Crippen molar-refractivity contribution in [2.24, 2.45) is 23.7 Å². The fourth-order valence-corrected chi connectivity index (χ4v) is 10.6. The molecule has 9 rings (SSSR count). The number of hydrazine groups is 1. The van der Waals surface area contributed by atoms with E-state index in [1.165, 1.54) is 30.2 Å². The number of hydrogen-bond donors (Lipinski definition) is 2. The van der Waals surface area contributed by atoms with E-state index in [9.17, 15) is 19.5 Å². The summed E-state index contributed by atoms with van der Waals surface area (Å²) in [6, 6.07) is 23.7. The van der Waals surface area contributed by atoms with E-state index in [0.717, 1.165) is 29.4 Å². The van der Waals surface area contributed by atoms with Gasteiger partial charge in [0.15, 0.2) is 0 Å². The van der Waals surface area contributed by atoms with Gasteiger partial charge in [-0.3, -0.25) is 29.5 Å². The van der Waals surface area contributed by atoms with Gasteiger partial charge in [-0.05, 0) is 96.6 Å². The topological polar surface area (TPSA) is 129 Å². The molecule has 4 fully saturated rings. The monoisotopic (exact) mass is 826 g/mol. The lowest BCUT2D eigenvalue weighted by Crippen LogP contribution is -2.53. The number of rotatable bonds is 7. The van der Waals surface area contributed by atoms with Crippen LogP contribution < -0.4 is 20.0 Å². The molecule has 0 spiro atoms. The van der Waals surface area contributed by atoms with Gasteiger partial charge in [0.2, 0.25) is 11.8 Å². The minimum atomic E-state index is -1.59. The highest BCUT2D eigenvalue weighted by atomic mass is 35.5. The summed E-state index contributed by atoms with van der Waals surface area (Å²) >= 11 is 19.7. The molecule has 292 valence electrons. The first-order valence-corrected chi connectivity index (χ1v) is 19.9. The average molecular weight is 828 g/mol. The van der Waals surface area contributed by atoms with Crippen LogP contribution in [0.2, 0.25) is 15.1 Å². The second kappa shape index (κ2) is 14.4. The smallest absolute Gasteiger partial charge is 0.260 e. The van der Waals surface area contributed by atoms with Crippen LogP contribution in [0, 0.1) is 23.7 Å². The number of phenols is 1. The van der Waals surface area contributed by atoms with E-state index in [1.807, 2.05) is 18.2 Å². The number of fused-ring (bicyclic) bond motifs is 4. The molecule has 3 heterocycles. The van der Waals surface area contributed by atoms with Crippen LogP contribution in [0.25, 0.3) is 0 Å². The van der Waals surface area contributed by atoms with Crippen molar-refractivity contribution in [1.29, 1.82) is 0 Å². The zero-order valence-electron chi connectivity index (χ0n) is 30.7. The molecule has 2 N–H and O–H groups in total. The van der Waals surface area contributed by atoms with Crippen LogP contribution in [-0.2, 0) is 29.3 Å². The van der Waals surface area contributed by atoms with Crippen molar-refractivity contribution in [2.75, 3.05) is 48.6 Å². The molecule has 4 amide bonds. The largest absolute Gasteiger partial charge is 0.508 e. The van der Waals surface area contributed by atoms with Gasteiger partial charge < -0.3 is 19.5 Å². The summed E-state index contributed by atoms with van der Waals surface area (Å²) in [7, 11) is 1.54. The van der Waals surface area contributed by atoms with Gasteiger partial charge in [0.05, 0.1) is 59.9 Å². The average Bonchev–Trinajstić information content (AvgIpc) is 3.60. The normalized spacial score (nSPS) is 26.9. The van der Waals surface area contributed by atoms with Crippen molar-refractivity contribution in [2.45, 2.75) is 24.2 Å². The Morgan fingerprint density at radius 1 is 0.807 bits per heavy atom. The number of halogens is 3. The summed E-state index contributed by atoms with van der Waals surface area (Å²) in [6.45, 7) is 2.73. The van der Waals surface area contributed by atoms with Crippen molar-refractivity contribution in [3.63, 3.8) is 0 Å². The van der Waals surface area contributed by atoms with E-state index in [0.29, 0.717) is 40.8 Å². The van der Waals surface area contributed by atoms with Crippen LogP contribution in [0.5, 0.6) is 11.5 Å². The first kappa shape index (κ1) is 37.5. The Kier molecular flexibility index (Phi) is 9.47. The number of phenolic OH excluding ortho intramolecular Hbond substituents is 1. The number of hydrogen-bond acceptors (Lipinski definition) is 9. The van der Waals surface area contributed by atoms with Crippen molar-refractivity contribution < 1.29 is 33.8 Å². The minimum Gasteiger partial charge on any atom is -0.508 e. The second-order valence-electron chi connectivity index (χ2n) is 15.0. The Hall–Kier alpha value is -5.07. The van der Waals surface area contributed by atoms with Crippen molar-refractivity contribution in [3.8, 4) is 11.5 Å². The fraction of sp³-hybridized carbons (Fsp3) is 0.302. The molecule has 3 aliphatic heterocycles. The van der Waals surface area contributed by atoms with E-state index < -0.39 is 46.8 Å². The number of carbonyl (C=O) groups excluding carboxylic acids is 4. The third-order valence-corrected chi connectivity index (χ3v) is 13.2. The quantitative estimate of drug-likeness (QED) is 0.145. The van der Waals surface area contributed by atoms with E-state index in [4.69, 9.17) is 44.3 Å². The Labute approximate surface area is 343 Å². The molecular weight excluding hydrogens is 791 g/mol. The van der Waals surface area contributed by atoms with Crippen LogP contribution in [0.1, 0.15) is 29.9 Å². The molecule has 5 aliphatic rings. The lowest BCUT2D eigenvalue weighted by Gasteiger charge is -2.50. The SMILES string of the molecule is COc1ccc(C23C(=O)N(Nc4ccc(Cl)cc4Cl)C(=O)C2CC2C(=CCC4C(=O)N(c5ccc(N6CCOCC6)cc5)C(=O)C42)C3c2ccc(O)cc2Cl)cc1. The van der Waals surface area contributed by atoms with Crippen LogP contribution in [0.4, 0.5) is 17.1 Å². The number of aromatic hydroxyl groups is 1. The Morgan fingerprint density at radius 2 is 1.53 bits per heavy atom. The zero-order chi connectivity index (χ0) is 39.7. The highest BCUT2D eigenvalue weighted by Crippen LogP contribution is 2.65. The van der Waals surface area contributed by atoms with Crippen LogP contribution in [-0.4, -0.2) is 67.2 Å². The molecule has 4 aromatic rings. The Bertz CT molecular complexity index is 2350. The number of anilines is 3. The van der Waals surface area contributed by atoms with E-state index in [2.05, 4.69) is 10.3 Å². The summed E-state index contributed by atoms with van der Waals surface area (Å²) in [5.41, 5.74) is 4.89. The summed E-state index contributed by atoms with van der Waals surface area (Å²) in [6.07, 6.45) is 2.29. The van der Waals surface area contributed by atoms with Gasteiger partial charge in [0.1, 0.15) is 11.5 Å². The molecule has 14 heteroatoms. The third-order valence-electron chi connectivity index (χ3n) is 12.4. The lowest BCUT2D eigenvalue weighted by atomic mass is 9.49. The van der Waals surface area contributed by atoms with Crippen LogP contribution in [0.3, 0.4) is 0 Å². The summed E-state index contributed by atoms with van der Waals surface area (Å²) < 4.78 is 11.0. The molecule has 57 heavy (non-hydrogen) atoms. The van der Waals surface area contributed by atoms with Gasteiger partial charge in [-0.15, -0.1) is 0 Å². The molecule has 6 atom stereocenters. The van der Waals surface area contributed by atoms with Gasteiger partial charge in [0, 0.05) is 34.7 Å². The minimum absolute atomic E-state index is 0.0785. The fourth-order valence-electron chi connectivity index (χ4n) is 9.83. The van der Waals surface area contributed by atoms with Gasteiger partial charge in [0.25, 0.3) is 11.8 Å². The summed E-state index contributed by atoms with van der Waals surface area (Å²) in [4.78, 5) is 63.0. The number of ether oxygens (including phenoxy) is 2. The second-order valence-corrected chi connectivity index (χ2v) is 16.3. The van der Waals surface area contributed by atoms with E-state index in [-0.39, 0.29) is 46.1 Å². The first-order valence-electron chi connectivity index (χ1n) is 18.8. The standard InChI is InChI=1S/C43H37Cl3N4O7/c1-56-28-10-2-23(3-11-28)43-33(40(53)50(42(43)55)47-36-15-4-24(44)20-35(36)46)22-32-29(38(43)30-12-9-27(51)21-34(30)45)13-14-31-37(32)41(54)49(39(31)52)26-7-5-25(6-8-26)48-16-18-57-19-17-48/h2-13,15,20-21,31-33,37-38,47,51H,14,16-19,22H2,1H3. The highest BCUT2D eigenvalue weighted by molar-refractivity contribution is 6.36.